The van der Waals surface area contributed by atoms with Crippen molar-refractivity contribution in [1.82, 2.24) is 4.98 Å². The third-order valence-electron chi connectivity index (χ3n) is 2.95. The Morgan fingerprint density at radius 3 is 2.30 bits per heavy atom. The molecule has 1 heterocycles. The molecule has 5 nitrogen and oxygen atoms in total. The standard InChI is InChI=1S/C15H15NO4/c1-8-5-6-12-13(19-10(3)17)7-14(20-11(4)18)16-15(12)9(8)2/h5-7H,1-4H3. The number of aromatic nitrogens is 1. The Hall–Kier alpha value is -2.43. The molecule has 1 aromatic heterocycles. The van der Waals surface area contributed by atoms with E-state index in [0.29, 0.717) is 16.7 Å². The first-order chi connectivity index (χ1) is 9.38. The second-order valence-electron chi connectivity index (χ2n) is 4.55. The Labute approximate surface area is 116 Å². The largest absolute Gasteiger partial charge is 0.426 e. The fourth-order valence-electron chi connectivity index (χ4n) is 1.92. The van der Waals surface area contributed by atoms with Gasteiger partial charge in [-0.05, 0) is 31.0 Å². The number of aryl methyl sites for hydroxylation is 2. The maximum absolute atomic E-state index is 11.2. The maximum atomic E-state index is 11.2. The third kappa shape index (κ3) is 2.77. The minimum atomic E-state index is -0.476. The average Bonchev–Trinajstić information content (AvgIpc) is 2.33. The normalized spacial score (nSPS) is 10.4. The number of hydrogen-bond acceptors (Lipinski definition) is 5. The Morgan fingerprint density at radius 1 is 1.05 bits per heavy atom. The fourth-order valence-corrected chi connectivity index (χ4v) is 1.92. The van der Waals surface area contributed by atoms with Crippen molar-refractivity contribution < 1.29 is 19.1 Å². The van der Waals surface area contributed by atoms with Crippen LogP contribution >= 0.6 is 0 Å². The quantitative estimate of drug-likeness (QED) is 0.787. The van der Waals surface area contributed by atoms with Gasteiger partial charge in [-0.25, -0.2) is 4.98 Å². The summed E-state index contributed by atoms with van der Waals surface area (Å²) >= 11 is 0. The molecule has 0 radical (unpaired) electrons. The highest BCUT2D eigenvalue weighted by Crippen LogP contribution is 2.31. The predicted octanol–water partition coefficient (Wildman–Crippen LogP) is 2.70. The highest BCUT2D eigenvalue weighted by atomic mass is 16.5. The number of pyridine rings is 1. The van der Waals surface area contributed by atoms with Crippen molar-refractivity contribution >= 4 is 22.8 Å². The molecule has 0 saturated carbocycles. The van der Waals surface area contributed by atoms with Gasteiger partial charge in [-0.1, -0.05) is 6.07 Å². The zero-order valence-electron chi connectivity index (χ0n) is 11.8. The van der Waals surface area contributed by atoms with Crippen molar-refractivity contribution in [2.24, 2.45) is 0 Å². The summed E-state index contributed by atoms with van der Waals surface area (Å²) in [6.45, 7) is 6.49. The van der Waals surface area contributed by atoms with Gasteiger partial charge in [0.2, 0.25) is 5.88 Å². The molecule has 2 aromatic rings. The first-order valence-electron chi connectivity index (χ1n) is 6.16. The molecule has 0 bridgehead atoms. The van der Waals surface area contributed by atoms with Crippen LogP contribution in [-0.4, -0.2) is 16.9 Å². The average molecular weight is 273 g/mol. The molecular weight excluding hydrogens is 258 g/mol. The summed E-state index contributed by atoms with van der Waals surface area (Å²) in [7, 11) is 0. The molecule has 0 spiro atoms. The van der Waals surface area contributed by atoms with Crippen molar-refractivity contribution in [3.8, 4) is 11.6 Å². The van der Waals surface area contributed by atoms with E-state index in [1.807, 2.05) is 26.0 Å². The topological polar surface area (TPSA) is 65.5 Å². The molecule has 0 aliphatic rings. The van der Waals surface area contributed by atoms with Crippen molar-refractivity contribution in [3.63, 3.8) is 0 Å². The van der Waals surface area contributed by atoms with E-state index in [2.05, 4.69) is 4.98 Å². The molecule has 0 aliphatic heterocycles. The van der Waals surface area contributed by atoms with E-state index < -0.39 is 11.9 Å². The zero-order valence-corrected chi connectivity index (χ0v) is 11.8. The number of ether oxygens (including phenoxy) is 2. The third-order valence-corrected chi connectivity index (χ3v) is 2.95. The van der Waals surface area contributed by atoms with Crippen LogP contribution in [-0.2, 0) is 9.59 Å². The molecule has 0 amide bonds. The van der Waals surface area contributed by atoms with Crippen molar-refractivity contribution in [1.29, 1.82) is 0 Å². The summed E-state index contributed by atoms with van der Waals surface area (Å²) in [4.78, 5) is 26.6. The highest BCUT2D eigenvalue weighted by Gasteiger charge is 2.13. The Kier molecular flexibility index (Phi) is 3.70. The number of benzene rings is 1. The monoisotopic (exact) mass is 273 g/mol. The lowest BCUT2D eigenvalue weighted by Crippen LogP contribution is -2.06. The number of esters is 2. The molecule has 5 heteroatoms. The van der Waals surface area contributed by atoms with Crippen molar-refractivity contribution in [3.05, 3.63) is 29.3 Å². The van der Waals surface area contributed by atoms with E-state index in [9.17, 15) is 9.59 Å². The van der Waals surface area contributed by atoms with E-state index in [1.54, 1.807) is 0 Å². The first-order valence-corrected chi connectivity index (χ1v) is 6.16. The van der Waals surface area contributed by atoms with Gasteiger partial charge in [0.1, 0.15) is 5.75 Å². The van der Waals surface area contributed by atoms with Crippen LogP contribution in [0.25, 0.3) is 10.9 Å². The van der Waals surface area contributed by atoms with E-state index in [4.69, 9.17) is 9.47 Å². The predicted molar refractivity (Wildman–Crippen MR) is 73.8 cm³/mol. The molecular formula is C15H15NO4. The second-order valence-corrected chi connectivity index (χ2v) is 4.55. The molecule has 1 aromatic carbocycles. The van der Waals surface area contributed by atoms with Gasteiger partial charge in [0, 0.05) is 25.3 Å². The van der Waals surface area contributed by atoms with Crippen molar-refractivity contribution in [2.45, 2.75) is 27.7 Å². The lowest BCUT2D eigenvalue weighted by atomic mass is 10.0. The van der Waals surface area contributed by atoms with E-state index >= 15 is 0 Å². The summed E-state index contributed by atoms with van der Waals surface area (Å²) in [5.74, 6) is -0.461. The SMILES string of the molecule is CC(=O)Oc1cc(OC(C)=O)c2ccc(C)c(C)c2n1. The van der Waals surface area contributed by atoms with Gasteiger partial charge in [-0.15, -0.1) is 0 Å². The van der Waals surface area contributed by atoms with Crippen LogP contribution in [0.3, 0.4) is 0 Å². The van der Waals surface area contributed by atoms with Gasteiger partial charge in [0.25, 0.3) is 0 Å². The van der Waals surface area contributed by atoms with Crippen LogP contribution in [0.1, 0.15) is 25.0 Å². The molecule has 0 unspecified atom stereocenters. The van der Waals surface area contributed by atoms with Gasteiger partial charge in [-0.2, -0.15) is 0 Å². The summed E-state index contributed by atoms with van der Waals surface area (Å²) in [5.41, 5.74) is 2.66. The van der Waals surface area contributed by atoms with Gasteiger partial charge < -0.3 is 9.47 Å². The second kappa shape index (κ2) is 5.28. The van der Waals surface area contributed by atoms with E-state index in [1.165, 1.54) is 19.9 Å². The first kappa shape index (κ1) is 14.0. The number of rotatable bonds is 2. The Morgan fingerprint density at radius 2 is 1.70 bits per heavy atom. The number of nitrogens with zero attached hydrogens (tertiary/aromatic N) is 1. The van der Waals surface area contributed by atoms with Crippen LogP contribution < -0.4 is 9.47 Å². The van der Waals surface area contributed by atoms with Crippen LogP contribution in [0, 0.1) is 13.8 Å². The Balaban J connectivity index is 2.70. The number of carbonyl (C=O) groups excluding carboxylic acids is 2. The lowest BCUT2D eigenvalue weighted by molar-refractivity contribution is -0.132. The molecule has 0 atom stereocenters. The van der Waals surface area contributed by atoms with Gasteiger partial charge in [-0.3, -0.25) is 9.59 Å². The molecule has 0 N–H and O–H groups in total. The van der Waals surface area contributed by atoms with Crippen LogP contribution in [0.5, 0.6) is 11.6 Å². The van der Waals surface area contributed by atoms with E-state index in [-0.39, 0.29) is 5.88 Å². The smallest absolute Gasteiger partial charge is 0.309 e. The van der Waals surface area contributed by atoms with Gasteiger partial charge in [0.05, 0.1) is 5.52 Å². The molecule has 0 saturated heterocycles. The molecule has 0 aliphatic carbocycles. The van der Waals surface area contributed by atoms with Gasteiger partial charge in [0.15, 0.2) is 0 Å². The highest BCUT2D eigenvalue weighted by molar-refractivity contribution is 5.91. The van der Waals surface area contributed by atoms with Crippen LogP contribution in [0.2, 0.25) is 0 Å². The van der Waals surface area contributed by atoms with Crippen molar-refractivity contribution in [2.75, 3.05) is 0 Å². The number of fused-ring (bicyclic) bond motifs is 1. The van der Waals surface area contributed by atoms with Gasteiger partial charge >= 0.3 is 11.9 Å². The fraction of sp³-hybridized carbons (Fsp3) is 0.267. The summed E-state index contributed by atoms with van der Waals surface area (Å²) in [6, 6.07) is 5.21. The summed E-state index contributed by atoms with van der Waals surface area (Å²) in [6.07, 6.45) is 0. The van der Waals surface area contributed by atoms with E-state index in [0.717, 1.165) is 11.1 Å². The number of hydrogen-bond donors (Lipinski definition) is 0. The van der Waals surface area contributed by atoms with Crippen LogP contribution in [0.4, 0.5) is 0 Å². The molecule has 2 rings (SSSR count). The molecule has 20 heavy (non-hydrogen) atoms. The van der Waals surface area contributed by atoms with Crippen LogP contribution in [0.15, 0.2) is 18.2 Å². The summed E-state index contributed by atoms with van der Waals surface area (Å²) < 4.78 is 10.2. The molecule has 104 valence electrons. The number of carbonyl (C=O) groups is 2. The lowest BCUT2D eigenvalue weighted by Gasteiger charge is -2.11. The molecule has 0 fully saturated rings. The zero-order chi connectivity index (χ0) is 14.9. The summed E-state index contributed by atoms with van der Waals surface area (Å²) in [5, 5.41) is 0.708. The minimum absolute atomic E-state index is 0.120. The minimum Gasteiger partial charge on any atom is -0.426 e. The Bertz CT molecular complexity index is 707. The maximum Gasteiger partial charge on any atom is 0.309 e.